The quantitative estimate of drug-likeness (QED) is 0.451. The van der Waals surface area contributed by atoms with Gasteiger partial charge in [-0.15, -0.1) is 22.7 Å². The highest BCUT2D eigenvalue weighted by Crippen LogP contribution is 2.28. The molecule has 1 aliphatic rings. The number of ether oxygens (including phenoxy) is 1. The van der Waals surface area contributed by atoms with E-state index >= 15 is 0 Å². The number of rotatable bonds is 6. The van der Waals surface area contributed by atoms with Gasteiger partial charge in [-0.2, -0.15) is 0 Å². The summed E-state index contributed by atoms with van der Waals surface area (Å²) in [4.78, 5) is 43.2. The topological polar surface area (TPSA) is 76.6 Å². The van der Waals surface area contributed by atoms with E-state index in [0.717, 1.165) is 22.0 Å². The number of Topliss-reactive ketones (excluding diaryl/α,β-unsaturated/α-hetero) is 1. The molecule has 0 spiro atoms. The molecule has 0 unspecified atom stereocenters. The number of thiophene rings is 1. The van der Waals surface area contributed by atoms with Gasteiger partial charge in [0.25, 0.3) is 0 Å². The van der Waals surface area contributed by atoms with Crippen LogP contribution < -0.4 is 4.90 Å². The zero-order valence-electron chi connectivity index (χ0n) is 14.8. The highest BCUT2D eigenvalue weighted by atomic mass is 32.1. The summed E-state index contributed by atoms with van der Waals surface area (Å²) in [5, 5.41) is 4.32. The lowest BCUT2D eigenvalue weighted by molar-refractivity contribution is -0.117. The molecule has 0 saturated carbocycles. The van der Waals surface area contributed by atoms with Crippen LogP contribution in [0.3, 0.4) is 0 Å². The predicted molar refractivity (Wildman–Crippen MR) is 108 cm³/mol. The zero-order valence-corrected chi connectivity index (χ0v) is 16.4. The summed E-state index contributed by atoms with van der Waals surface area (Å²) < 4.78 is 5.12. The molecule has 0 N–H and O–H groups in total. The van der Waals surface area contributed by atoms with Gasteiger partial charge in [-0.25, -0.2) is 9.78 Å². The van der Waals surface area contributed by atoms with Crippen LogP contribution in [0, 0.1) is 0 Å². The summed E-state index contributed by atoms with van der Waals surface area (Å²) in [5.74, 6) is -0.828. The minimum Gasteiger partial charge on any atom is -0.453 e. The van der Waals surface area contributed by atoms with Crippen molar-refractivity contribution in [1.29, 1.82) is 0 Å². The molecule has 28 heavy (non-hydrogen) atoms. The fourth-order valence-electron chi connectivity index (χ4n) is 2.92. The van der Waals surface area contributed by atoms with Gasteiger partial charge in [-0.05, 0) is 42.1 Å². The van der Waals surface area contributed by atoms with Crippen LogP contribution in [0.4, 0.5) is 5.69 Å². The smallest absolute Gasteiger partial charge is 0.358 e. The first-order valence-corrected chi connectivity index (χ1v) is 10.5. The van der Waals surface area contributed by atoms with Gasteiger partial charge in [0, 0.05) is 29.6 Å². The third-order valence-corrected chi connectivity index (χ3v) is 6.24. The van der Waals surface area contributed by atoms with Gasteiger partial charge in [0.2, 0.25) is 5.91 Å². The van der Waals surface area contributed by atoms with E-state index in [1.165, 1.54) is 11.3 Å². The Morgan fingerprint density at radius 1 is 1.14 bits per heavy atom. The summed E-state index contributed by atoms with van der Waals surface area (Å²) in [6.45, 7) is 0.345. The van der Waals surface area contributed by atoms with Crippen LogP contribution >= 0.6 is 22.7 Å². The molecule has 2 aromatic heterocycles. The number of amides is 1. The van der Waals surface area contributed by atoms with Gasteiger partial charge in [0.15, 0.2) is 18.1 Å². The van der Waals surface area contributed by atoms with Crippen molar-refractivity contribution in [2.45, 2.75) is 12.8 Å². The summed E-state index contributed by atoms with van der Waals surface area (Å²) in [5.41, 5.74) is 1.41. The number of benzene rings is 1. The molecule has 0 aliphatic carbocycles. The summed E-state index contributed by atoms with van der Waals surface area (Å²) in [7, 11) is 0. The van der Waals surface area contributed by atoms with Crippen LogP contribution in [-0.4, -0.2) is 35.8 Å². The monoisotopic (exact) mass is 412 g/mol. The molecule has 1 saturated heterocycles. The van der Waals surface area contributed by atoms with Crippen molar-refractivity contribution in [3.63, 3.8) is 0 Å². The molecule has 1 amide bonds. The Bertz CT molecular complexity index is 1010. The number of hydrogen-bond acceptors (Lipinski definition) is 7. The molecule has 1 fully saturated rings. The molecule has 142 valence electrons. The van der Waals surface area contributed by atoms with Crippen molar-refractivity contribution in [2.24, 2.45) is 0 Å². The number of ketones is 1. The molecular formula is C20H16N2O4S2. The van der Waals surface area contributed by atoms with Gasteiger partial charge in [-0.1, -0.05) is 6.07 Å². The first-order chi connectivity index (χ1) is 13.6. The van der Waals surface area contributed by atoms with Crippen molar-refractivity contribution in [3.05, 3.63) is 58.4 Å². The van der Waals surface area contributed by atoms with Crippen LogP contribution in [0.2, 0.25) is 0 Å². The number of anilines is 1. The van der Waals surface area contributed by atoms with Gasteiger partial charge in [0.05, 0.1) is 4.88 Å². The van der Waals surface area contributed by atoms with Gasteiger partial charge < -0.3 is 9.64 Å². The lowest BCUT2D eigenvalue weighted by Crippen LogP contribution is -2.23. The number of hydrogen-bond donors (Lipinski definition) is 0. The highest BCUT2D eigenvalue weighted by molar-refractivity contribution is 7.20. The van der Waals surface area contributed by atoms with E-state index in [1.807, 2.05) is 17.5 Å². The van der Waals surface area contributed by atoms with Crippen LogP contribution in [0.25, 0.3) is 9.88 Å². The van der Waals surface area contributed by atoms with Crippen molar-refractivity contribution >= 4 is 46.0 Å². The number of esters is 1. The fraction of sp³-hybridized carbons (Fsp3) is 0.200. The molecule has 3 aromatic rings. The van der Waals surface area contributed by atoms with E-state index in [1.54, 1.807) is 45.9 Å². The Balaban J connectivity index is 1.35. The largest absolute Gasteiger partial charge is 0.453 e. The normalized spacial score (nSPS) is 13.7. The number of thiazole rings is 1. The molecule has 3 heterocycles. The molecule has 0 radical (unpaired) electrons. The van der Waals surface area contributed by atoms with Crippen LogP contribution in [0.1, 0.15) is 33.7 Å². The molecular weight excluding hydrogens is 396 g/mol. The van der Waals surface area contributed by atoms with Crippen molar-refractivity contribution < 1.29 is 19.1 Å². The van der Waals surface area contributed by atoms with Crippen LogP contribution in [0.15, 0.2) is 47.2 Å². The Morgan fingerprint density at radius 3 is 2.64 bits per heavy atom. The summed E-state index contributed by atoms with van der Waals surface area (Å²) in [6, 6.07) is 10.6. The number of carbonyl (C=O) groups excluding carboxylic acids is 3. The minimum atomic E-state index is -0.619. The molecule has 0 atom stereocenters. The van der Waals surface area contributed by atoms with E-state index in [-0.39, 0.29) is 24.0 Å². The second-order valence-corrected chi connectivity index (χ2v) is 8.02. The zero-order chi connectivity index (χ0) is 19.5. The molecule has 6 nitrogen and oxygen atoms in total. The van der Waals surface area contributed by atoms with Gasteiger partial charge in [0.1, 0.15) is 5.01 Å². The third kappa shape index (κ3) is 3.88. The molecule has 8 heteroatoms. The Kier molecular flexibility index (Phi) is 5.31. The standard InChI is InChI=1S/C20H16N2O4S2/c23-16(13-5-7-14(8-6-13)22-9-1-4-18(22)24)11-26-20(25)15-12-28-19(21-15)17-3-2-10-27-17/h2-3,5-8,10,12H,1,4,9,11H2. The van der Waals surface area contributed by atoms with Crippen molar-refractivity contribution in [3.8, 4) is 9.88 Å². The summed E-state index contributed by atoms with van der Waals surface area (Å²) in [6.07, 6.45) is 1.40. The van der Waals surface area contributed by atoms with Crippen molar-refractivity contribution in [1.82, 2.24) is 4.98 Å². The second-order valence-electron chi connectivity index (χ2n) is 6.21. The third-order valence-electron chi connectivity index (χ3n) is 4.35. The van der Waals surface area contributed by atoms with E-state index in [0.29, 0.717) is 18.5 Å². The average molecular weight is 412 g/mol. The Labute approximate surface area is 169 Å². The lowest BCUT2D eigenvalue weighted by Gasteiger charge is -2.15. The average Bonchev–Trinajstić information content (AvgIpc) is 3.46. The predicted octanol–water partition coefficient (Wildman–Crippen LogP) is 4.04. The minimum absolute atomic E-state index is 0.0955. The number of nitrogens with zero attached hydrogens (tertiary/aromatic N) is 2. The highest BCUT2D eigenvalue weighted by Gasteiger charge is 2.22. The van der Waals surface area contributed by atoms with Crippen molar-refractivity contribution in [2.75, 3.05) is 18.1 Å². The van der Waals surface area contributed by atoms with Gasteiger partial charge in [-0.3, -0.25) is 9.59 Å². The molecule has 0 bridgehead atoms. The maximum Gasteiger partial charge on any atom is 0.358 e. The summed E-state index contributed by atoms with van der Waals surface area (Å²) >= 11 is 2.91. The van der Waals surface area contributed by atoms with Crippen LogP contribution in [-0.2, 0) is 9.53 Å². The van der Waals surface area contributed by atoms with E-state index in [4.69, 9.17) is 4.74 Å². The molecule has 1 aliphatic heterocycles. The SMILES string of the molecule is O=C(COC(=O)c1csc(-c2cccs2)n1)c1ccc(N2CCCC2=O)cc1. The second kappa shape index (κ2) is 8.04. The molecule has 1 aromatic carbocycles. The Morgan fingerprint density at radius 2 is 1.96 bits per heavy atom. The molecule has 4 rings (SSSR count). The van der Waals surface area contributed by atoms with Crippen LogP contribution in [0.5, 0.6) is 0 Å². The maximum absolute atomic E-state index is 12.3. The number of aromatic nitrogens is 1. The van der Waals surface area contributed by atoms with E-state index in [2.05, 4.69) is 4.98 Å². The lowest BCUT2D eigenvalue weighted by atomic mass is 10.1. The number of carbonyl (C=O) groups is 3. The van der Waals surface area contributed by atoms with E-state index < -0.39 is 5.97 Å². The van der Waals surface area contributed by atoms with Gasteiger partial charge >= 0.3 is 5.97 Å². The first-order valence-electron chi connectivity index (χ1n) is 8.72. The van der Waals surface area contributed by atoms with E-state index in [9.17, 15) is 14.4 Å². The Hall–Kier alpha value is -2.84. The first kappa shape index (κ1) is 18.5. The maximum atomic E-state index is 12.3. The fourth-order valence-corrected chi connectivity index (χ4v) is 4.52.